The van der Waals surface area contributed by atoms with Gasteiger partial charge in [0.1, 0.15) is 23.9 Å². The zero-order chi connectivity index (χ0) is 21.1. The highest BCUT2D eigenvalue weighted by Gasteiger charge is 2.35. The van der Waals surface area contributed by atoms with Crippen molar-refractivity contribution >= 4 is 44.9 Å². The number of nitrogens with zero attached hydrogens (tertiary/aromatic N) is 1. The van der Waals surface area contributed by atoms with Crippen molar-refractivity contribution in [3.63, 3.8) is 0 Å². The average molecular weight is 484 g/mol. The summed E-state index contributed by atoms with van der Waals surface area (Å²) in [7, 11) is 0. The highest BCUT2D eigenvalue weighted by atomic mass is 79.9. The van der Waals surface area contributed by atoms with E-state index in [1.807, 2.05) is 61.5 Å². The zero-order valence-corrected chi connectivity index (χ0v) is 18.5. The van der Waals surface area contributed by atoms with Crippen LogP contribution in [0.1, 0.15) is 11.3 Å². The van der Waals surface area contributed by atoms with Gasteiger partial charge in [0.25, 0.3) is 11.1 Å². The molecular weight excluding hydrogens is 466 g/mol. The Balaban J connectivity index is 1.41. The second-order valence-corrected chi connectivity index (χ2v) is 8.62. The number of thioether (sulfide) groups is 1. The van der Waals surface area contributed by atoms with Gasteiger partial charge in [-0.2, -0.15) is 0 Å². The molecule has 0 bridgehead atoms. The molecular formula is C23H18BrNO4S. The van der Waals surface area contributed by atoms with Crippen molar-refractivity contribution in [2.24, 2.45) is 0 Å². The van der Waals surface area contributed by atoms with Gasteiger partial charge in [0.05, 0.1) is 11.4 Å². The number of carbonyl (C=O) groups is 2. The van der Waals surface area contributed by atoms with Crippen LogP contribution in [0.25, 0.3) is 17.4 Å². The minimum Gasteiger partial charge on any atom is -0.492 e. The van der Waals surface area contributed by atoms with Crippen LogP contribution in [0, 0.1) is 6.92 Å². The second kappa shape index (κ2) is 8.93. The third kappa shape index (κ3) is 4.68. The third-order valence-electron chi connectivity index (χ3n) is 4.49. The molecule has 1 aromatic heterocycles. The van der Waals surface area contributed by atoms with Gasteiger partial charge >= 0.3 is 0 Å². The summed E-state index contributed by atoms with van der Waals surface area (Å²) in [4.78, 5) is 26.4. The van der Waals surface area contributed by atoms with Crippen molar-refractivity contribution in [2.75, 3.05) is 13.2 Å². The predicted molar refractivity (Wildman–Crippen MR) is 121 cm³/mol. The van der Waals surface area contributed by atoms with Crippen molar-refractivity contribution in [1.82, 2.24) is 4.90 Å². The molecule has 2 aromatic carbocycles. The maximum Gasteiger partial charge on any atom is 0.293 e. The van der Waals surface area contributed by atoms with Crippen LogP contribution in [0.5, 0.6) is 5.75 Å². The van der Waals surface area contributed by atoms with Crippen molar-refractivity contribution in [2.45, 2.75) is 6.92 Å². The van der Waals surface area contributed by atoms with Gasteiger partial charge in [-0.3, -0.25) is 14.5 Å². The average Bonchev–Trinajstić information content (AvgIpc) is 3.29. The summed E-state index contributed by atoms with van der Waals surface area (Å²) in [6.45, 7) is 2.43. The quantitative estimate of drug-likeness (QED) is 0.394. The summed E-state index contributed by atoms with van der Waals surface area (Å²) >= 11 is 4.35. The normalized spacial score (nSPS) is 15.3. The van der Waals surface area contributed by atoms with Gasteiger partial charge in [-0.25, -0.2) is 0 Å². The Bertz CT molecular complexity index is 1120. The highest BCUT2D eigenvalue weighted by molar-refractivity contribution is 9.10. The molecule has 5 nitrogen and oxygen atoms in total. The molecule has 0 saturated carbocycles. The van der Waals surface area contributed by atoms with E-state index in [9.17, 15) is 9.59 Å². The Morgan fingerprint density at radius 3 is 2.67 bits per heavy atom. The van der Waals surface area contributed by atoms with Crippen LogP contribution in [0.4, 0.5) is 4.79 Å². The van der Waals surface area contributed by atoms with Crippen LogP contribution in [0.2, 0.25) is 0 Å². The molecule has 1 aliphatic heterocycles. The Hall–Kier alpha value is -2.77. The molecule has 0 spiro atoms. The number of ether oxygens (including phenoxy) is 1. The minimum absolute atomic E-state index is 0.192. The van der Waals surface area contributed by atoms with E-state index in [4.69, 9.17) is 9.15 Å². The summed E-state index contributed by atoms with van der Waals surface area (Å²) in [5, 5.41) is -0.308. The van der Waals surface area contributed by atoms with Crippen molar-refractivity contribution in [3.8, 4) is 17.1 Å². The van der Waals surface area contributed by atoms with Gasteiger partial charge in [0.15, 0.2) is 0 Å². The standard InChI is InChI=1S/C23H18BrNO4S/c1-15-5-7-18(8-6-15)28-12-11-25-22(26)21(30-23(25)27)14-19-9-10-20(29-19)16-3-2-4-17(24)13-16/h2-10,13-14H,11-12H2,1H3/b21-14-. The van der Waals surface area contributed by atoms with Crippen molar-refractivity contribution in [3.05, 3.63) is 81.4 Å². The number of hydrogen-bond donors (Lipinski definition) is 0. The van der Waals surface area contributed by atoms with E-state index < -0.39 is 0 Å². The summed E-state index contributed by atoms with van der Waals surface area (Å²) < 4.78 is 12.4. The Labute approximate surface area is 186 Å². The van der Waals surface area contributed by atoms with Crippen LogP contribution < -0.4 is 4.74 Å². The van der Waals surface area contributed by atoms with E-state index in [2.05, 4.69) is 15.9 Å². The fourth-order valence-electron chi connectivity index (χ4n) is 2.94. The van der Waals surface area contributed by atoms with Gasteiger partial charge in [-0.1, -0.05) is 45.8 Å². The molecule has 3 aromatic rings. The van der Waals surface area contributed by atoms with Crippen LogP contribution >= 0.6 is 27.7 Å². The topological polar surface area (TPSA) is 59.8 Å². The molecule has 30 heavy (non-hydrogen) atoms. The molecule has 0 radical (unpaired) electrons. The van der Waals surface area contributed by atoms with Gasteiger partial charge in [-0.15, -0.1) is 0 Å². The maximum absolute atomic E-state index is 12.6. The number of furan rings is 1. The number of rotatable bonds is 6. The first kappa shape index (κ1) is 20.5. The molecule has 2 heterocycles. The monoisotopic (exact) mass is 483 g/mol. The van der Waals surface area contributed by atoms with E-state index in [-0.39, 0.29) is 24.3 Å². The van der Waals surface area contributed by atoms with E-state index in [1.165, 1.54) is 4.90 Å². The van der Waals surface area contributed by atoms with Crippen LogP contribution in [-0.4, -0.2) is 29.2 Å². The molecule has 2 amide bonds. The fourth-order valence-corrected chi connectivity index (χ4v) is 4.18. The lowest BCUT2D eigenvalue weighted by molar-refractivity contribution is -0.123. The van der Waals surface area contributed by atoms with Crippen molar-refractivity contribution < 1.29 is 18.7 Å². The smallest absolute Gasteiger partial charge is 0.293 e. The number of carbonyl (C=O) groups excluding carboxylic acids is 2. The van der Waals surface area contributed by atoms with Crippen LogP contribution in [-0.2, 0) is 4.79 Å². The summed E-state index contributed by atoms with van der Waals surface area (Å²) in [6.07, 6.45) is 1.60. The summed E-state index contributed by atoms with van der Waals surface area (Å²) in [5.41, 5.74) is 2.06. The Morgan fingerprint density at radius 2 is 1.90 bits per heavy atom. The fraction of sp³-hybridized carbons (Fsp3) is 0.130. The van der Waals surface area contributed by atoms with E-state index >= 15 is 0 Å². The minimum atomic E-state index is -0.335. The highest BCUT2D eigenvalue weighted by Crippen LogP contribution is 2.33. The molecule has 0 atom stereocenters. The van der Waals surface area contributed by atoms with E-state index in [1.54, 1.807) is 12.1 Å². The van der Waals surface area contributed by atoms with E-state index in [0.29, 0.717) is 22.2 Å². The van der Waals surface area contributed by atoms with Crippen molar-refractivity contribution in [1.29, 1.82) is 0 Å². The molecule has 152 valence electrons. The van der Waals surface area contributed by atoms with Crippen LogP contribution in [0.15, 0.2) is 74.5 Å². The molecule has 4 rings (SSSR count). The van der Waals surface area contributed by atoms with Crippen LogP contribution in [0.3, 0.4) is 0 Å². The maximum atomic E-state index is 12.6. The first-order valence-electron chi connectivity index (χ1n) is 9.30. The SMILES string of the molecule is Cc1ccc(OCCN2C(=O)S/C(=C\c3ccc(-c4cccc(Br)c4)o3)C2=O)cc1. The number of hydrogen-bond acceptors (Lipinski definition) is 5. The number of amides is 2. The zero-order valence-electron chi connectivity index (χ0n) is 16.1. The number of imide groups is 1. The lowest BCUT2D eigenvalue weighted by Gasteiger charge is -2.13. The summed E-state index contributed by atoms with van der Waals surface area (Å²) in [6, 6.07) is 19.0. The lowest BCUT2D eigenvalue weighted by Crippen LogP contribution is -2.32. The first-order chi connectivity index (χ1) is 14.5. The van der Waals surface area contributed by atoms with Gasteiger partial charge < -0.3 is 9.15 Å². The predicted octanol–water partition coefficient (Wildman–Crippen LogP) is 6.13. The molecule has 1 aliphatic rings. The largest absolute Gasteiger partial charge is 0.492 e. The molecule has 1 saturated heterocycles. The molecule has 0 aliphatic carbocycles. The number of benzene rings is 2. The van der Waals surface area contributed by atoms with E-state index in [0.717, 1.165) is 27.4 Å². The molecule has 0 unspecified atom stereocenters. The Kier molecular flexibility index (Phi) is 6.11. The van der Waals surface area contributed by atoms with Gasteiger partial charge in [0.2, 0.25) is 0 Å². The molecule has 1 fully saturated rings. The Morgan fingerprint density at radius 1 is 1.10 bits per heavy atom. The number of aryl methyl sites for hydroxylation is 1. The number of halogens is 1. The van der Waals surface area contributed by atoms with Gasteiger partial charge in [-0.05, 0) is 55.1 Å². The second-order valence-electron chi connectivity index (χ2n) is 6.71. The first-order valence-corrected chi connectivity index (χ1v) is 10.9. The van der Waals surface area contributed by atoms with Gasteiger partial charge in [0, 0.05) is 16.1 Å². The molecule has 0 N–H and O–H groups in total. The third-order valence-corrected chi connectivity index (χ3v) is 5.89. The molecule has 7 heteroatoms. The lowest BCUT2D eigenvalue weighted by atomic mass is 10.2. The summed E-state index contributed by atoms with van der Waals surface area (Å²) in [5.74, 6) is 1.58.